The molecule has 1 aliphatic rings. The van der Waals surface area contributed by atoms with Gasteiger partial charge in [-0.05, 0) is 37.1 Å². The van der Waals surface area contributed by atoms with Gasteiger partial charge in [-0.2, -0.15) is 17.0 Å². The first kappa shape index (κ1) is 24.1. The monoisotopic (exact) mass is 442 g/mol. The van der Waals surface area contributed by atoms with Crippen molar-refractivity contribution in [2.75, 3.05) is 33.3 Å². The zero-order chi connectivity index (χ0) is 22.1. The van der Waals surface area contributed by atoms with Crippen LogP contribution in [0.1, 0.15) is 43.0 Å². The summed E-state index contributed by atoms with van der Waals surface area (Å²) >= 11 is 0. The van der Waals surface area contributed by atoms with Gasteiger partial charge in [0.1, 0.15) is 5.75 Å². The highest BCUT2D eigenvalue weighted by molar-refractivity contribution is 7.86. The molecule has 11 heteroatoms. The van der Waals surface area contributed by atoms with Gasteiger partial charge in [-0.1, -0.05) is 19.8 Å². The third-order valence-electron chi connectivity index (χ3n) is 4.95. The fourth-order valence-corrected chi connectivity index (χ4v) is 4.91. The Morgan fingerprint density at radius 3 is 2.57 bits per heavy atom. The van der Waals surface area contributed by atoms with E-state index in [2.05, 4.69) is 5.32 Å². The number of ether oxygens (including phenoxy) is 1. The first-order valence-electron chi connectivity index (χ1n) is 9.94. The van der Waals surface area contributed by atoms with E-state index in [1.807, 2.05) is 6.92 Å². The normalized spacial score (nSPS) is 17.1. The highest BCUT2D eigenvalue weighted by Crippen LogP contribution is 2.19. The summed E-state index contributed by atoms with van der Waals surface area (Å²) in [5.74, 6) is -0.445. The molecular weight excluding hydrogens is 412 g/mol. The van der Waals surface area contributed by atoms with Crippen molar-refractivity contribution >= 4 is 22.0 Å². The van der Waals surface area contributed by atoms with Gasteiger partial charge in [0.15, 0.2) is 0 Å². The molecule has 0 radical (unpaired) electrons. The molecule has 1 aliphatic heterocycles. The maximum Gasteiger partial charge on any atom is 0.282 e. The van der Waals surface area contributed by atoms with Crippen LogP contribution < -0.4 is 15.5 Å². The molecule has 30 heavy (non-hydrogen) atoms. The van der Waals surface area contributed by atoms with Crippen LogP contribution in [-0.4, -0.2) is 73.4 Å². The van der Waals surface area contributed by atoms with Gasteiger partial charge in [0.25, 0.3) is 22.0 Å². The maximum atomic E-state index is 13.0. The van der Waals surface area contributed by atoms with Crippen molar-refractivity contribution in [3.63, 3.8) is 0 Å². The SMILES string of the molecule is CCCCCN(CC(=O)NO)S(=O)(=O)N1CCC(NC(=O)c2ccc(OC)cc2)C1. The van der Waals surface area contributed by atoms with E-state index >= 15 is 0 Å². The van der Waals surface area contributed by atoms with Gasteiger partial charge in [0.2, 0.25) is 0 Å². The van der Waals surface area contributed by atoms with E-state index in [-0.39, 0.29) is 31.6 Å². The Morgan fingerprint density at radius 1 is 1.27 bits per heavy atom. The third kappa shape index (κ3) is 6.39. The second kappa shape index (κ2) is 11.3. The quantitative estimate of drug-likeness (QED) is 0.263. The molecule has 0 aromatic heterocycles. The highest BCUT2D eigenvalue weighted by Gasteiger charge is 2.36. The number of nitrogens with one attached hydrogen (secondary N) is 2. The Kier molecular flexibility index (Phi) is 9.03. The minimum atomic E-state index is -3.90. The summed E-state index contributed by atoms with van der Waals surface area (Å²) < 4.78 is 33.4. The van der Waals surface area contributed by atoms with Crippen LogP contribution in [0.15, 0.2) is 24.3 Å². The van der Waals surface area contributed by atoms with Crippen LogP contribution in [-0.2, 0) is 15.0 Å². The van der Waals surface area contributed by atoms with Crippen LogP contribution >= 0.6 is 0 Å². The number of rotatable bonds is 11. The average Bonchev–Trinajstić information content (AvgIpc) is 3.22. The van der Waals surface area contributed by atoms with E-state index in [0.29, 0.717) is 24.2 Å². The van der Waals surface area contributed by atoms with Crippen molar-refractivity contribution in [2.24, 2.45) is 0 Å². The van der Waals surface area contributed by atoms with Crippen molar-refractivity contribution in [1.82, 2.24) is 19.4 Å². The van der Waals surface area contributed by atoms with E-state index in [1.54, 1.807) is 31.4 Å². The zero-order valence-corrected chi connectivity index (χ0v) is 18.2. The van der Waals surface area contributed by atoms with Gasteiger partial charge in [0.05, 0.1) is 13.7 Å². The third-order valence-corrected chi connectivity index (χ3v) is 6.90. The summed E-state index contributed by atoms with van der Waals surface area (Å²) in [6.45, 7) is 2.08. The number of nitrogens with zero attached hydrogens (tertiary/aromatic N) is 2. The van der Waals surface area contributed by atoms with E-state index < -0.39 is 22.7 Å². The zero-order valence-electron chi connectivity index (χ0n) is 17.3. The van der Waals surface area contributed by atoms with Crippen molar-refractivity contribution in [3.05, 3.63) is 29.8 Å². The Balaban J connectivity index is 2.00. The number of hydrogen-bond donors (Lipinski definition) is 3. The molecule has 168 valence electrons. The second-order valence-electron chi connectivity index (χ2n) is 7.13. The molecule has 1 aromatic rings. The standard InChI is InChI=1S/C19H30N4O6S/c1-3-4-5-11-22(14-18(24)21-26)30(27,28)23-12-10-16(13-23)20-19(25)15-6-8-17(29-2)9-7-15/h6-9,16,26H,3-5,10-14H2,1-2H3,(H,20,25)(H,21,24). The number of amides is 2. The van der Waals surface area contributed by atoms with Gasteiger partial charge >= 0.3 is 0 Å². The van der Waals surface area contributed by atoms with E-state index in [1.165, 1.54) is 9.79 Å². The number of carbonyl (C=O) groups excluding carboxylic acids is 2. The van der Waals surface area contributed by atoms with E-state index in [9.17, 15) is 18.0 Å². The highest BCUT2D eigenvalue weighted by atomic mass is 32.2. The molecule has 1 atom stereocenters. The molecule has 0 spiro atoms. The van der Waals surface area contributed by atoms with Crippen LogP contribution in [0.25, 0.3) is 0 Å². The summed E-state index contributed by atoms with van der Waals surface area (Å²) in [5.41, 5.74) is 1.94. The summed E-state index contributed by atoms with van der Waals surface area (Å²) in [5, 5.41) is 11.6. The minimum absolute atomic E-state index is 0.120. The molecule has 0 bridgehead atoms. The second-order valence-corrected chi connectivity index (χ2v) is 9.06. The molecule has 1 saturated heterocycles. The van der Waals surface area contributed by atoms with Gasteiger partial charge in [0, 0.05) is 31.2 Å². The predicted octanol–water partition coefficient (Wildman–Crippen LogP) is 0.742. The van der Waals surface area contributed by atoms with Crippen molar-refractivity contribution in [2.45, 2.75) is 38.6 Å². The molecule has 0 aliphatic carbocycles. The van der Waals surface area contributed by atoms with Crippen molar-refractivity contribution in [1.29, 1.82) is 0 Å². The van der Waals surface area contributed by atoms with Gasteiger partial charge in [-0.3, -0.25) is 14.8 Å². The molecule has 0 saturated carbocycles. The van der Waals surface area contributed by atoms with E-state index in [4.69, 9.17) is 9.94 Å². The number of carbonyl (C=O) groups is 2. The topological polar surface area (TPSA) is 128 Å². The fraction of sp³-hybridized carbons (Fsp3) is 0.579. The smallest absolute Gasteiger partial charge is 0.282 e. The fourth-order valence-electron chi connectivity index (χ4n) is 3.24. The van der Waals surface area contributed by atoms with Gasteiger partial charge in [-0.25, -0.2) is 5.48 Å². The molecule has 3 N–H and O–H groups in total. The predicted molar refractivity (Wildman–Crippen MR) is 110 cm³/mol. The lowest BCUT2D eigenvalue weighted by atomic mass is 10.2. The molecule has 1 aromatic carbocycles. The molecular formula is C19H30N4O6S. The number of methoxy groups -OCH3 is 1. The Morgan fingerprint density at radius 2 is 1.97 bits per heavy atom. The Labute approximate surface area is 177 Å². The maximum absolute atomic E-state index is 13.0. The van der Waals surface area contributed by atoms with Gasteiger partial charge < -0.3 is 10.1 Å². The van der Waals surface area contributed by atoms with Crippen molar-refractivity contribution in [3.8, 4) is 5.75 Å². The van der Waals surface area contributed by atoms with Crippen molar-refractivity contribution < 1.29 is 28.0 Å². The lowest BCUT2D eigenvalue weighted by Crippen LogP contribution is -2.48. The lowest BCUT2D eigenvalue weighted by molar-refractivity contribution is -0.129. The largest absolute Gasteiger partial charge is 0.497 e. The summed E-state index contributed by atoms with van der Waals surface area (Å²) in [4.78, 5) is 24.0. The minimum Gasteiger partial charge on any atom is -0.497 e. The molecule has 10 nitrogen and oxygen atoms in total. The number of hydrogen-bond acceptors (Lipinski definition) is 6. The van der Waals surface area contributed by atoms with E-state index in [0.717, 1.165) is 17.1 Å². The Bertz CT molecular complexity index is 815. The summed E-state index contributed by atoms with van der Waals surface area (Å²) in [6, 6.07) is 6.31. The molecule has 1 fully saturated rings. The Hall–Kier alpha value is -2.21. The number of hydroxylamine groups is 1. The number of benzene rings is 1. The van der Waals surface area contributed by atoms with Crippen LogP contribution in [0, 0.1) is 0 Å². The summed E-state index contributed by atoms with van der Waals surface area (Å²) in [7, 11) is -2.36. The molecule has 2 rings (SSSR count). The molecule has 1 heterocycles. The molecule has 2 amide bonds. The summed E-state index contributed by atoms with van der Waals surface area (Å²) in [6.07, 6.45) is 2.81. The van der Waals surface area contributed by atoms with Crippen LogP contribution in [0.2, 0.25) is 0 Å². The van der Waals surface area contributed by atoms with Crippen LogP contribution in [0.3, 0.4) is 0 Å². The molecule has 1 unspecified atom stereocenters. The van der Waals surface area contributed by atoms with Crippen LogP contribution in [0.4, 0.5) is 0 Å². The average molecular weight is 443 g/mol. The lowest BCUT2D eigenvalue weighted by Gasteiger charge is -2.26. The number of unbranched alkanes of at least 4 members (excludes halogenated alkanes) is 2. The van der Waals surface area contributed by atoms with Crippen LogP contribution in [0.5, 0.6) is 5.75 Å². The first-order valence-corrected chi connectivity index (χ1v) is 11.3. The first-order chi connectivity index (χ1) is 14.3. The van der Waals surface area contributed by atoms with Gasteiger partial charge in [-0.15, -0.1) is 0 Å².